The van der Waals surface area contributed by atoms with Gasteiger partial charge in [0.05, 0.1) is 17.6 Å². The molecule has 0 bridgehead atoms. The predicted octanol–water partition coefficient (Wildman–Crippen LogP) is 1.93. The number of amides is 2. The van der Waals surface area contributed by atoms with Crippen molar-refractivity contribution < 1.29 is 14.1 Å². The summed E-state index contributed by atoms with van der Waals surface area (Å²) in [6.45, 7) is 4.45. The average molecular weight is 379 g/mol. The van der Waals surface area contributed by atoms with Crippen LogP contribution >= 0.6 is 0 Å². The lowest BCUT2D eigenvalue weighted by molar-refractivity contribution is -0.117. The minimum Gasteiger partial charge on any atom is -0.360 e. The van der Waals surface area contributed by atoms with E-state index < -0.39 is 0 Å². The number of piperazine rings is 1. The lowest BCUT2D eigenvalue weighted by Crippen LogP contribution is -2.50. The van der Waals surface area contributed by atoms with E-state index in [0.717, 1.165) is 10.9 Å². The van der Waals surface area contributed by atoms with Crippen LogP contribution in [0.3, 0.4) is 0 Å². The van der Waals surface area contributed by atoms with E-state index in [1.54, 1.807) is 25.3 Å². The molecule has 0 aliphatic carbocycles. The number of rotatable bonds is 4. The molecule has 1 saturated heterocycles. The van der Waals surface area contributed by atoms with Gasteiger partial charge in [-0.05, 0) is 19.1 Å². The first kappa shape index (κ1) is 18.1. The second-order valence-corrected chi connectivity index (χ2v) is 6.81. The van der Waals surface area contributed by atoms with Crippen LogP contribution in [0.25, 0.3) is 10.9 Å². The maximum Gasteiger partial charge on any atom is 0.254 e. The molecule has 0 saturated carbocycles. The topological polar surface area (TPSA) is 91.6 Å². The van der Waals surface area contributed by atoms with Crippen LogP contribution in [0.2, 0.25) is 0 Å². The molecule has 4 rings (SSSR count). The first-order chi connectivity index (χ1) is 13.6. The van der Waals surface area contributed by atoms with Crippen molar-refractivity contribution in [2.75, 3.05) is 38.0 Å². The highest BCUT2D eigenvalue weighted by atomic mass is 16.5. The number of aromatic nitrogens is 2. The van der Waals surface area contributed by atoms with Crippen molar-refractivity contribution in [3.8, 4) is 0 Å². The van der Waals surface area contributed by atoms with Gasteiger partial charge in [0.15, 0.2) is 5.82 Å². The Hall–Kier alpha value is -3.26. The fourth-order valence-electron chi connectivity index (χ4n) is 3.37. The van der Waals surface area contributed by atoms with E-state index in [-0.39, 0.29) is 18.4 Å². The summed E-state index contributed by atoms with van der Waals surface area (Å²) in [5.74, 6) is 0.918. The molecule has 8 heteroatoms. The minimum absolute atomic E-state index is 0.000717. The number of pyridine rings is 1. The maximum absolute atomic E-state index is 13.0. The van der Waals surface area contributed by atoms with Crippen molar-refractivity contribution in [3.63, 3.8) is 0 Å². The summed E-state index contributed by atoms with van der Waals surface area (Å²) in [6, 6.07) is 11.1. The number of aryl methyl sites for hydroxylation is 1. The fraction of sp³-hybridized carbons (Fsp3) is 0.300. The van der Waals surface area contributed by atoms with E-state index in [1.165, 1.54) is 0 Å². The number of para-hydroxylation sites is 1. The Morgan fingerprint density at radius 1 is 1.14 bits per heavy atom. The average Bonchev–Trinajstić information content (AvgIpc) is 3.12. The van der Waals surface area contributed by atoms with Gasteiger partial charge in [0.1, 0.15) is 5.76 Å². The quantitative estimate of drug-likeness (QED) is 0.745. The minimum atomic E-state index is -0.145. The number of hydrogen-bond acceptors (Lipinski definition) is 6. The molecule has 1 aromatic carbocycles. The monoisotopic (exact) mass is 379 g/mol. The fourth-order valence-corrected chi connectivity index (χ4v) is 3.37. The molecule has 2 amide bonds. The van der Waals surface area contributed by atoms with E-state index in [0.29, 0.717) is 43.3 Å². The third-order valence-corrected chi connectivity index (χ3v) is 4.80. The van der Waals surface area contributed by atoms with Crippen molar-refractivity contribution in [1.82, 2.24) is 19.9 Å². The lowest BCUT2D eigenvalue weighted by atomic mass is 10.1. The Bertz CT molecular complexity index is 1000. The number of nitrogens with one attached hydrogen (secondary N) is 1. The Morgan fingerprint density at radius 3 is 2.68 bits per heavy atom. The third-order valence-electron chi connectivity index (χ3n) is 4.80. The van der Waals surface area contributed by atoms with E-state index >= 15 is 0 Å². The summed E-state index contributed by atoms with van der Waals surface area (Å²) < 4.78 is 4.94. The molecule has 8 nitrogen and oxygen atoms in total. The van der Waals surface area contributed by atoms with Crippen LogP contribution in [0.15, 0.2) is 47.1 Å². The molecule has 2 aromatic heterocycles. The van der Waals surface area contributed by atoms with Crippen molar-refractivity contribution in [2.24, 2.45) is 0 Å². The molecule has 1 aliphatic heterocycles. The summed E-state index contributed by atoms with van der Waals surface area (Å²) >= 11 is 0. The van der Waals surface area contributed by atoms with Gasteiger partial charge in [-0.1, -0.05) is 23.4 Å². The van der Waals surface area contributed by atoms with Gasteiger partial charge in [-0.3, -0.25) is 19.5 Å². The molecular weight excluding hydrogens is 358 g/mol. The first-order valence-electron chi connectivity index (χ1n) is 9.19. The summed E-state index contributed by atoms with van der Waals surface area (Å²) in [4.78, 5) is 33.3. The molecule has 0 radical (unpaired) electrons. The number of anilines is 1. The first-order valence-corrected chi connectivity index (χ1v) is 9.19. The van der Waals surface area contributed by atoms with E-state index in [4.69, 9.17) is 4.52 Å². The van der Waals surface area contributed by atoms with Gasteiger partial charge < -0.3 is 14.7 Å². The highest BCUT2D eigenvalue weighted by molar-refractivity contribution is 6.06. The smallest absolute Gasteiger partial charge is 0.254 e. The molecule has 1 fully saturated rings. The maximum atomic E-state index is 13.0. The third kappa shape index (κ3) is 3.86. The second-order valence-electron chi connectivity index (χ2n) is 6.81. The van der Waals surface area contributed by atoms with Gasteiger partial charge in [-0.2, -0.15) is 0 Å². The van der Waals surface area contributed by atoms with E-state index in [1.807, 2.05) is 34.1 Å². The normalized spacial score (nSPS) is 15.0. The van der Waals surface area contributed by atoms with Gasteiger partial charge in [-0.15, -0.1) is 0 Å². The largest absolute Gasteiger partial charge is 0.360 e. The Balaban J connectivity index is 1.34. The molecule has 3 heterocycles. The zero-order chi connectivity index (χ0) is 19.5. The predicted molar refractivity (Wildman–Crippen MR) is 104 cm³/mol. The molecule has 0 spiro atoms. The molecule has 1 aliphatic rings. The Kier molecular flexibility index (Phi) is 5.03. The zero-order valence-corrected chi connectivity index (χ0v) is 15.6. The number of benzene rings is 1. The molecular formula is C20H21N5O3. The van der Waals surface area contributed by atoms with Crippen molar-refractivity contribution in [1.29, 1.82) is 0 Å². The number of nitrogens with zero attached hydrogens (tertiary/aromatic N) is 4. The highest BCUT2D eigenvalue weighted by Crippen LogP contribution is 2.19. The van der Waals surface area contributed by atoms with Gasteiger partial charge >= 0.3 is 0 Å². The summed E-state index contributed by atoms with van der Waals surface area (Å²) in [5.41, 5.74) is 1.48. The van der Waals surface area contributed by atoms with Crippen LogP contribution in [-0.2, 0) is 4.79 Å². The molecule has 144 valence electrons. The standard InChI is InChI=1S/C20H21N5O3/c1-14-12-18(23-28-14)22-19(26)13-24-8-10-25(11-9-24)20(27)16-6-7-21-17-5-3-2-4-15(16)17/h2-7,12H,8-11,13H2,1H3,(H,22,23,26). The van der Waals surface area contributed by atoms with Crippen LogP contribution < -0.4 is 5.32 Å². The Labute approximate surface area is 162 Å². The summed E-state index contributed by atoms with van der Waals surface area (Å²) in [5, 5.41) is 7.34. The zero-order valence-electron chi connectivity index (χ0n) is 15.6. The lowest BCUT2D eigenvalue weighted by Gasteiger charge is -2.34. The molecule has 0 unspecified atom stereocenters. The van der Waals surface area contributed by atoms with E-state index in [9.17, 15) is 9.59 Å². The van der Waals surface area contributed by atoms with Gasteiger partial charge in [0.25, 0.3) is 5.91 Å². The number of carbonyl (C=O) groups is 2. The highest BCUT2D eigenvalue weighted by Gasteiger charge is 2.24. The Morgan fingerprint density at radius 2 is 1.93 bits per heavy atom. The molecule has 3 aromatic rings. The molecule has 28 heavy (non-hydrogen) atoms. The molecule has 1 N–H and O–H groups in total. The van der Waals surface area contributed by atoms with Crippen LogP contribution in [-0.4, -0.2) is 64.5 Å². The van der Waals surface area contributed by atoms with Crippen molar-refractivity contribution >= 4 is 28.5 Å². The summed E-state index contributed by atoms with van der Waals surface area (Å²) in [7, 11) is 0. The van der Waals surface area contributed by atoms with Crippen LogP contribution in [0.1, 0.15) is 16.1 Å². The number of fused-ring (bicyclic) bond motifs is 1. The SMILES string of the molecule is Cc1cc(NC(=O)CN2CCN(C(=O)c3ccnc4ccccc34)CC2)no1. The van der Waals surface area contributed by atoms with Gasteiger partial charge in [0, 0.05) is 43.8 Å². The number of hydrogen-bond donors (Lipinski definition) is 1. The summed E-state index contributed by atoms with van der Waals surface area (Å²) in [6.07, 6.45) is 1.67. The van der Waals surface area contributed by atoms with Crippen molar-refractivity contribution in [3.05, 3.63) is 53.9 Å². The second kappa shape index (κ2) is 7.77. The number of carbonyl (C=O) groups excluding carboxylic acids is 2. The van der Waals surface area contributed by atoms with E-state index in [2.05, 4.69) is 15.5 Å². The van der Waals surface area contributed by atoms with Gasteiger partial charge in [-0.25, -0.2) is 0 Å². The van der Waals surface area contributed by atoms with Crippen LogP contribution in [0, 0.1) is 6.92 Å². The van der Waals surface area contributed by atoms with Crippen molar-refractivity contribution in [2.45, 2.75) is 6.92 Å². The van der Waals surface area contributed by atoms with Gasteiger partial charge in [0.2, 0.25) is 5.91 Å². The van der Waals surface area contributed by atoms with Crippen LogP contribution in [0.4, 0.5) is 5.82 Å². The molecule has 0 atom stereocenters. The van der Waals surface area contributed by atoms with Crippen LogP contribution in [0.5, 0.6) is 0 Å².